The van der Waals surface area contributed by atoms with Gasteiger partial charge in [0.1, 0.15) is 5.54 Å². The summed E-state index contributed by atoms with van der Waals surface area (Å²) in [5.41, 5.74) is -0.996. The molecule has 0 spiro atoms. The zero-order chi connectivity index (χ0) is 13.1. The summed E-state index contributed by atoms with van der Waals surface area (Å²) in [7, 11) is 0. The van der Waals surface area contributed by atoms with Crippen LogP contribution in [0, 0.1) is 0 Å². The second kappa shape index (κ2) is 5.49. The average molecular weight is 242 g/mol. The number of rotatable bonds is 5. The second-order valence-corrected chi connectivity index (χ2v) is 4.97. The Balaban J connectivity index is 2.63. The zero-order valence-electron chi connectivity index (χ0n) is 10.9. The van der Waals surface area contributed by atoms with Crippen LogP contribution in [-0.4, -0.2) is 58.5 Å². The molecule has 0 aromatic carbocycles. The normalized spacial score (nSPS) is 16.6. The summed E-state index contributed by atoms with van der Waals surface area (Å²) in [5.74, 6) is -0.854. The van der Waals surface area contributed by atoms with Gasteiger partial charge in [-0.05, 0) is 33.2 Å². The molecule has 0 atom stereocenters. The van der Waals surface area contributed by atoms with E-state index >= 15 is 0 Å². The van der Waals surface area contributed by atoms with E-state index in [1.54, 1.807) is 18.7 Å². The van der Waals surface area contributed by atoms with E-state index < -0.39 is 11.5 Å². The first-order valence-electron chi connectivity index (χ1n) is 6.15. The third-order valence-electron chi connectivity index (χ3n) is 3.48. The number of carbonyl (C=O) groups is 2. The molecule has 1 aliphatic heterocycles. The standard InChI is InChI=1S/C12H22N2O3/c1-4-14(12(2,3)11(16)17)9-10(15)13-7-5-6-8-13/h4-9H2,1-3H3,(H,16,17). The van der Waals surface area contributed by atoms with Crippen LogP contribution in [0.4, 0.5) is 0 Å². The van der Waals surface area contributed by atoms with Gasteiger partial charge in [0.2, 0.25) is 5.91 Å². The molecule has 0 radical (unpaired) electrons. The fourth-order valence-corrected chi connectivity index (χ4v) is 2.07. The van der Waals surface area contributed by atoms with E-state index in [0.29, 0.717) is 6.54 Å². The van der Waals surface area contributed by atoms with Crippen LogP contribution in [0.3, 0.4) is 0 Å². The van der Waals surface area contributed by atoms with Crippen LogP contribution >= 0.6 is 0 Å². The number of hydrogen-bond donors (Lipinski definition) is 1. The van der Waals surface area contributed by atoms with Crippen LogP contribution in [0.1, 0.15) is 33.6 Å². The summed E-state index contributed by atoms with van der Waals surface area (Å²) < 4.78 is 0. The Bertz CT molecular complexity index is 296. The van der Waals surface area contributed by atoms with E-state index in [9.17, 15) is 9.59 Å². The molecule has 5 nitrogen and oxygen atoms in total. The fraction of sp³-hybridized carbons (Fsp3) is 0.833. The molecule has 0 saturated carbocycles. The number of amides is 1. The fourth-order valence-electron chi connectivity index (χ4n) is 2.07. The van der Waals surface area contributed by atoms with Crippen LogP contribution in [0.15, 0.2) is 0 Å². The van der Waals surface area contributed by atoms with E-state index in [-0.39, 0.29) is 12.5 Å². The molecule has 17 heavy (non-hydrogen) atoms. The quantitative estimate of drug-likeness (QED) is 0.774. The maximum atomic E-state index is 12.0. The second-order valence-electron chi connectivity index (χ2n) is 4.97. The Morgan fingerprint density at radius 2 is 1.82 bits per heavy atom. The van der Waals surface area contributed by atoms with E-state index in [1.165, 1.54) is 0 Å². The van der Waals surface area contributed by atoms with Gasteiger partial charge < -0.3 is 10.0 Å². The van der Waals surface area contributed by atoms with E-state index in [4.69, 9.17) is 5.11 Å². The number of hydrogen-bond acceptors (Lipinski definition) is 3. The summed E-state index contributed by atoms with van der Waals surface area (Å²) in [6, 6.07) is 0. The van der Waals surface area contributed by atoms with E-state index in [1.807, 2.05) is 11.8 Å². The van der Waals surface area contributed by atoms with Crippen molar-refractivity contribution in [3.05, 3.63) is 0 Å². The Kier molecular flexibility index (Phi) is 4.51. The van der Waals surface area contributed by atoms with Gasteiger partial charge in [-0.25, -0.2) is 0 Å². The third kappa shape index (κ3) is 3.19. The summed E-state index contributed by atoms with van der Waals surface area (Å²) in [4.78, 5) is 26.7. The number of aliphatic carboxylic acids is 1. The van der Waals surface area contributed by atoms with Gasteiger partial charge in [0, 0.05) is 13.1 Å². The van der Waals surface area contributed by atoms with Crippen molar-refractivity contribution in [2.45, 2.75) is 39.2 Å². The van der Waals surface area contributed by atoms with Crippen molar-refractivity contribution in [3.63, 3.8) is 0 Å². The van der Waals surface area contributed by atoms with E-state index in [2.05, 4.69) is 0 Å². The minimum Gasteiger partial charge on any atom is -0.480 e. The van der Waals surface area contributed by atoms with Gasteiger partial charge in [0.15, 0.2) is 0 Å². The molecule has 0 bridgehead atoms. The minimum absolute atomic E-state index is 0.0404. The first-order chi connectivity index (χ1) is 7.89. The molecule has 0 aromatic heterocycles. The lowest BCUT2D eigenvalue weighted by Gasteiger charge is -2.34. The lowest BCUT2D eigenvalue weighted by atomic mass is 10.0. The SMILES string of the molecule is CCN(CC(=O)N1CCCC1)C(C)(C)C(=O)O. The van der Waals surface area contributed by atoms with Crippen LogP contribution in [-0.2, 0) is 9.59 Å². The molecule has 1 heterocycles. The summed E-state index contributed by atoms with van der Waals surface area (Å²) in [6.07, 6.45) is 2.11. The molecule has 5 heteroatoms. The summed E-state index contributed by atoms with van der Waals surface area (Å²) in [5, 5.41) is 9.15. The van der Waals surface area contributed by atoms with Crippen molar-refractivity contribution >= 4 is 11.9 Å². The van der Waals surface area contributed by atoms with Gasteiger partial charge in [-0.1, -0.05) is 6.92 Å². The molecule has 1 rings (SSSR count). The molecule has 1 saturated heterocycles. The highest BCUT2D eigenvalue weighted by atomic mass is 16.4. The van der Waals surface area contributed by atoms with E-state index in [0.717, 1.165) is 25.9 Å². The van der Waals surface area contributed by atoms with Crippen molar-refractivity contribution in [3.8, 4) is 0 Å². The number of nitrogens with zero attached hydrogens (tertiary/aromatic N) is 2. The number of carboxylic acid groups (broad SMARTS) is 1. The highest BCUT2D eigenvalue weighted by molar-refractivity contribution is 5.81. The molecule has 0 unspecified atom stereocenters. The smallest absolute Gasteiger partial charge is 0.323 e. The van der Waals surface area contributed by atoms with Gasteiger partial charge >= 0.3 is 5.97 Å². The zero-order valence-corrected chi connectivity index (χ0v) is 10.9. The van der Waals surface area contributed by atoms with Crippen molar-refractivity contribution in [2.24, 2.45) is 0 Å². The Morgan fingerprint density at radius 3 is 2.24 bits per heavy atom. The van der Waals surface area contributed by atoms with Gasteiger partial charge in [-0.15, -0.1) is 0 Å². The molecular weight excluding hydrogens is 220 g/mol. The van der Waals surface area contributed by atoms with Gasteiger partial charge in [0.05, 0.1) is 6.54 Å². The average Bonchev–Trinajstić information content (AvgIpc) is 2.78. The third-order valence-corrected chi connectivity index (χ3v) is 3.48. The van der Waals surface area contributed by atoms with Gasteiger partial charge in [-0.2, -0.15) is 0 Å². The predicted molar refractivity (Wildman–Crippen MR) is 64.8 cm³/mol. The predicted octanol–water partition coefficient (Wildman–Crippen LogP) is 0.794. The Labute approximate surface area is 102 Å². The number of likely N-dealkylation sites (N-methyl/N-ethyl adjacent to an activating group) is 1. The monoisotopic (exact) mass is 242 g/mol. The maximum absolute atomic E-state index is 12.0. The first kappa shape index (κ1) is 14.0. The molecule has 0 aliphatic carbocycles. The lowest BCUT2D eigenvalue weighted by Crippen LogP contribution is -2.53. The highest BCUT2D eigenvalue weighted by Gasteiger charge is 2.35. The van der Waals surface area contributed by atoms with Crippen LogP contribution < -0.4 is 0 Å². The van der Waals surface area contributed by atoms with Gasteiger partial charge in [0.25, 0.3) is 0 Å². The maximum Gasteiger partial charge on any atom is 0.323 e. The number of carbonyl (C=O) groups excluding carboxylic acids is 1. The minimum atomic E-state index is -0.996. The topological polar surface area (TPSA) is 60.9 Å². The molecule has 1 aliphatic rings. The molecular formula is C12H22N2O3. The molecule has 0 aromatic rings. The summed E-state index contributed by atoms with van der Waals surface area (Å²) >= 11 is 0. The Hall–Kier alpha value is -1.10. The Morgan fingerprint density at radius 1 is 1.29 bits per heavy atom. The van der Waals surface area contributed by atoms with Crippen LogP contribution in [0.25, 0.3) is 0 Å². The molecule has 98 valence electrons. The van der Waals surface area contributed by atoms with Crippen molar-refractivity contribution < 1.29 is 14.7 Å². The number of likely N-dealkylation sites (tertiary alicyclic amines) is 1. The molecule has 1 N–H and O–H groups in total. The first-order valence-corrected chi connectivity index (χ1v) is 6.15. The summed E-state index contributed by atoms with van der Waals surface area (Å²) in [6.45, 7) is 7.51. The van der Waals surface area contributed by atoms with Crippen molar-refractivity contribution in [1.82, 2.24) is 9.80 Å². The largest absolute Gasteiger partial charge is 0.480 e. The highest BCUT2D eigenvalue weighted by Crippen LogP contribution is 2.16. The molecule has 1 amide bonds. The van der Waals surface area contributed by atoms with Gasteiger partial charge in [-0.3, -0.25) is 14.5 Å². The van der Waals surface area contributed by atoms with Crippen LogP contribution in [0.5, 0.6) is 0 Å². The van der Waals surface area contributed by atoms with Crippen molar-refractivity contribution in [2.75, 3.05) is 26.2 Å². The number of carboxylic acids is 1. The lowest BCUT2D eigenvalue weighted by molar-refractivity contribution is -0.150. The van der Waals surface area contributed by atoms with Crippen molar-refractivity contribution in [1.29, 1.82) is 0 Å². The van der Waals surface area contributed by atoms with Crippen LogP contribution in [0.2, 0.25) is 0 Å². The molecule has 1 fully saturated rings.